The molecular formula is C10H12O. The average molecular weight is 148 g/mol. The predicted molar refractivity (Wildman–Crippen MR) is 47.6 cm³/mol. The van der Waals surface area contributed by atoms with Crippen molar-refractivity contribution in [2.24, 2.45) is 0 Å². The molecule has 0 heterocycles. The minimum absolute atomic E-state index is 0.362. The van der Waals surface area contributed by atoms with Crippen LogP contribution in [0.4, 0.5) is 0 Å². The van der Waals surface area contributed by atoms with Gasteiger partial charge in [0, 0.05) is 0 Å². The van der Waals surface area contributed by atoms with Crippen molar-refractivity contribution < 1.29 is 5.11 Å². The number of aryl methyl sites for hydroxylation is 1. The molecule has 0 radical (unpaired) electrons. The molecular weight excluding hydrogens is 136 g/mol. The Labute approximate surface area is 67.0 Å². The van der Waals surface area contributed by atoms with Crippen molar-refractivity contribution in [1.29, 1.82) is 0 Å². The van der Waals surface area contributed by atoms with E-state index in [1.165, 1.54) is 0 Å². The summed E-state index contributed by atoms with van der Waals surface area (Å²) in [5, 5.41) is 9.29. The molecule has 0 bridgehead atoms. The monoisotopic (exact) mass is 148 g/mol. The first-order valence-electron chi connectivity index (χ1n) is 3.66. The maximum absolute atomic E-state index is 9.29. The van der Waals surface area contributed by atoms with E-state index in [0.717, 1.165) is 11.1 Å². The van der Waals surface area contributed by atoms with Gasteiger partial charge in [-0.05, 0) is 31.0 Å². The van der Waals surface area contributed by atoms with Gasteiger partial charge in [0.25, 0.3) is 0 Å². The normalized spacial score (nSPS) is 10.7. The van der Waals surface area contributed by atoms with Crippen molar-refractivity contribution in [3.8, 4) is 5.75 Å². The molecule has 1 heteroatoms. The summed E-state index contributed by atoms with van der Waals surface area (Å²) in [6, 6.07) is 5.65. The Hall–Kier alpha value is -1.24. The van der Waals surface area contributed by atoms with Crippen molar-refractivity contribution in [3.63, 3.8) is 0 Å². The van der Waals surface area contributed by atoms with E-state index in [-0.39, 0.29) is 0 Å². The average Bonchev–Trinajstić information content (AvgIpc) is 1.98. The van der Waals surface area contributed by atoms with E-state index in [1.54, 1.807) is 6.07 Å². The molecule has 0 fully saturated rings. The maximum atomic E-state index is 9.29. The SMILES string of the molecule is CC=Cc1ccc(C)c(O)c1. The van der Waals surface area contributed by atoms with Crippen LogP contribution in [0.3, 0.4) is 0 Å². The predicted octanol–water partition coefficient (Wildman–Crippen LogP) is 2.73. The van der Waals surface area contributed by atoms with Gasteiger partial charge in [0.15, 0.2) is 0 Å². The van der Waals surface area contributed by atoms with Gasteiger partial charge in [-0.3, -0.25) is 0 Å². The second-order valence-corrected chi connectivity index (χ2v) is 2.55. The first-order valence-corrected chi connectivity index (χ1v) is 3.66. The summed E-state index contributed by atoms with van der Waals surface area (Å²) < 4.78 is 0. The number of benzene rings is 1. The number of allylic oxidation sites excluding steroid dienone is 1. The number of rotatable bonds is 1. The number of phenolic OH excluding ortho intramolecular Hbond substituents is 1. The van der Waals surface area contributed by atoms with Crippen LogP contribution in [-0.4, -0.2) is 5.11 Å². The van der Waals surface area contributed by atoms with Gasteiger partial charge < -0.3 is 5.11 Å². The van der Waals surface area contributed by atoms with Crippen molar-refractivity contribution in [2.75, 3.05) is 0 Å². The summed E-state index contributed by atoms with van der Waals surface area (Å²) in [6.45, 7) is 3.84. The van der Waals surface area contributed by atoms with Gasteiger partial charge in [-0.2, -0.15) is 0 Å². The number of hydrogen-bond acceptors (Lipinski definition) is 1. The lowest BCUT2D eigenvalue weighted by atomic mass is 10.1. The summed E-state index contributed by atoms with van der Waals surface area (Å²) >= 11 is 0. The van der Waals surface area contributed by atoms with E-state index in [2.05, 4.69) is 0 Å². The molecule has 1 aromatic carbocycles. The molecule has 1 N–H and O–H groups in total. The van der Waals surface area contributed by atoms with Crippen molar-refractivity contribution in [2.45, 2.75) is 13.8 Å². The Kier molecular flexibility index (Phi) is 2.32. The minimum Gasteiger partial charge on any atom is -0.508 e. The van der Waals surface area contributed by atoms with Crippen LogP contribution in [-0.2, 0) is 0 Å². The second-order valence-electron chi connectivity index (χ2n) is 2.55. The van der Waals surface area contributed by atoms with E-state index < -0.39 is 0 Å². The zero-order valence-corrected chi connectivity index (χ0v) is 6.83. The number of hydrogen-bond donors (Lipinski definition) is 1. The first kappa shape index (κ1) is 7.86. The van der Waals surface area contributed by atoms with Crippen molar-refractivity contribution >= 4 is 6.08 Å². The van der Waals surface area contributed by atoms with Crippen LogP contribution in [0.15, 0.2) is 24.3 Å². The van der Waals surface area contributed by atoms with E-state index in [1.807, 2.05) is 38.1 Å². The van der Waals surface area contributed by atoms with E-state index >= 15 is 0 Å². The van der Waals surface area contributed by atoms with Crippen LogP contribution < -0.4 is 0 Å². The topological polar surface area (TPSA) is 20.2 Å². The van der Waals surface area contributed by atoms with E-state index in [4.69, 9.17) is 0 Å². The third kappa shape index (κ3) is 1.84. The Bertz CT molecular complexity index is 274. The van der Waals surface area contributed by atoms with Crippen molar-refractivity contribution in [1.82, 2.24) is 0 Å². The highest BCUT2D eigenvalue weighted by molar-refractivity contribution is 5.52. The molecule has 0 saturated carbocycles. The molecule has 0 unspecified atom stereocenters. The zero-order valence-electron chi connectivity index (χ0n) is 6.83. The molecule has 58 valence electrons. The number of phenols is 1. The fraction of sp³-hybridized carbons (Fsp3) is 0.200. The molecule has 0 amide bonds. The van der Waals surface area contributed by atoms with Crippen LogP contribution in [0.1, 0.15) is 18.1 Å². The van der Waals surface area contributed by atoms with Crippen LogP contribution >= 0.6 is 0 Å². The summed E-state index contributed by atoms with van der Waals surface area (Å²) in [5.74, 6) is 0.362. The lowest BCUT2D eigenvalue weighted by Gasteiger charge is -1.98. The van der Waals surface area contributed by atoms with Gasteiger partial charge in [-0.15, -0.1) is 0 Å². The van der Waals surface area contributed by atoms with Gasteiger partial charge in [-0.25, -0.2) is 0 Å². The molecule has 0 saturated heterocycles. The highest BCUT2D eigenvalue weighted by Gasteiger charge is 1.93. The summed E-state index contributed by atoms with van der Waals surface area (Å²) in [4.78, 5) is 0. The lowest BCUT2D eigenvalue weighted by Crippen LogP contribution is -1.75. The van der Waals surface area contributed by atoms with Gasteiger partial charge in [0.05, 0.1) is 0 Å². The standard InChI is InChI=1S/C10H12O/c1-3-4-9-6-5-8(2)10(11)7-9/h3-7,11H,1-2H3. The van der Waals surface area contributed by atoms with Crippen LogP contribution in [0.25, 0.3) is 6.08 Å². The van der Waals surface area contributed by atoms with Crippen molar-refractivity contribution in [3.05, 3.63) is 35.4 Å². The van der Waals surface area contributed by atoms with Crippen LogP contribution in [0.5, 0.6) is 5.75 Å². The Balaban J connectivity index is 3.05. The summed E-state index contributed by atoms with van der Waals surface area (Å²) in [7, 11) is 0. The van der Waals surface area contributed by atoms with E-state index in [0.29, 0.717) is 5.75 Å². The third-order valence-electron chi connectivity index (χ3n) is 1.59. The molecule has 0 aromatic heterocycles. The summed E-state index contributed by atoms with van der Waals surface area (Å²) in [5.41, 5.74) is 1.95. The molecule has 0 aliphatic heterocycles. The van der Waals surface area contributed by atoms with Gasteiger partial charge in [0.2, 0.25) is 0 Å². The zero-order chi connectivity index (χ0) is 8.27. The molecule has 1 rings (SSSR count). The fourth-order valence-corrected chi connectivity index (χ4v) is 0.923. The van der Waals surface area contributed by atoms with Gasteiger partial charge in [0.1, 0.15) is 5.75 Å². The highest BCUT2D eigenvalue weighted by atomic mass is 16.3. The minimum atomic E-state index is 0.362. The van der Waals surface area contributed by atoms with Gasteiger partial charge >= 0.3 is 0 Å². The molecule has 1 nitrogen and oxygen atoms in total. The summed E-state index contributed by atoms with van der Waals surface area (Å²) in [6.07, 6.45) is 3.91. The molecule has 0 atom stereocenters. The lowest BCUT2D eigenvalue weighted by molar-refractivity contribution is 0.471. The number of aromatic hydroxyl groups is 1. The highest BCUT2D eigenvalue weighted by Crippen LogP contribution is 2.17. The molecule has 11 heavy (non-hydrogen) atoms. The van der Waals surface area contributed by atoms with Crippen LogP contribution in [0, 0.1) is 6.92 Å². The van der Waals surface area contributed by atoms with Crippen LogP contribution in [0.2, 0.25) is 0 Å². The Morgan fingerprint density at radius 3 is 2.64 bits per heavy atom. The second kappa shape index (κ2) is 3.24. The smallest absolute Gasteiger partial charge is 0.119 e. The fourth-order valence-electron chi connectivity index (χ4n) is 0.923. The quantitative estimate of drug-likeness (QED) is 0.649. The first-order chi connectivity index (χ1) is 5.24. The van der Waals surface area contributed by atoms with Gasteiger partial charge in [-0.1, -0.05) is 24.3 Å². The Morgan fingerprint density at radius 2 is 2.09 bits per heavy atom. The molecule has 0 aliphatic rings. The largest absolute Gasteiger partial charge is 0.508 e. The molecule has 1 aromatic rings. The third-order valence-corrected chi connectivity index (χ3v) is 1.59. The Morgan fingerprint density at radius 1 is 1.36 bits per heavy atom. The molecule has 0 aliphatic carbocycles. The van der Waals surface area contributed by atoms with E-state index in [9.17, 15) is 5.11 Å². The maximum Gasteiger partial charge on any atom is 0.119 e. The molecule has 0 spiro atoms.